The Kier molecular flexibility index (Phi) is 6.07. The molecule has 0 aliphatic heterocycles. The van der Waals surface area contributed by atoms with Gasteiger partial charge in [-0.15, -0.1) is 0 Å². The molecule has 0 amide bonds. The molecule has 2 aromatic rings. The summed E-state index contributed by atoms with van der Waals surface area (Å²) in [5.41, 5.74) is 1.93. The highest BCUT2D eigenvalue weighted by molar-refractivity contribution is 6.31. The number of rotatable bonds is 6. The van der Waals surface area contributed by atoms with Crippen LogP contribution in [0.15, 0.2) is 48.5 Å². The van der Waals surface area contributed by atoms with Crippen molar-refractivity contribution in [1.82, 2.24) is 5.32 Å². The zero-order valence-electron chi connectivity index (χ0n) is 11.9. The molecule has 0 spiro atoms. The van der Waals surface area contributed by atoms with E-state index >= 15 is 0 Å². The maximum absolute atomic E-state index is 10.2. The van der Waals surface area contributed by atoms with E-state index < -0.39 is 6.10 Å². The minimum atomic E-state index is -0.572. The predicted molar refractivity (Wildman–Crippen MR) is 89.0 cm³/mol. The Morgan fingerprint density at radius 2 is 1.86 bits per heavy atom. The van der Waals surface area contributed by atoms with Crippen LogP contribution in [0, 0.1) is 0 Å². The fourth-order valence-corrected chi connectivity index (χ4v) is 2.62. The minimum Gasteiger partial charge on any atom is -0.387 e. The monoisotopic (exact) mass is 323 g/mol. The summed E-state index contributed by atoms with van der Waals surface area (Å²) in [6.07, 6.45) is 0.250. The Morgan fingerprint density at radius 3 is 2.57 bits per heavy atom. The van der Waals surface area contributed by atoms with Crippen LogP contribution in [0.25, 0.3) is 0 Å². The molecular formula is C17H19Cl2NO. The van der Waals surface area contributed by atoms with Crippen LogP contribution < -0.4 is 5.32 Å². The van der Waals surface area contributed by atoms with E-state index in [0.29, 0.717) is 11.6 Å². The fraction of sp³-hybridized carbons (Fsp3) is 0.294. The second-order valence-corrected chi connectivity index (χ2v) is 6.02. The quantitative estimate of drug-likeness (QED) is 0.833. The van der Waals surface area contributed by atoms with Crippen LogP contribution in [0.4, 0.5) is 0 Å². The molecule has 21 heavy (non-hydrogen) atoms. The van der Waals surface area contributed by atoms with Gasteiger partial charge in [0.25, 0.3) is 0 Å². The lowest BCUT2D eigenvalue weighted by atomic mass is 10.1. The number of benzene rings is 2. The van der Waals surface area contributed by atoms with E-state index in [9.17, 15) is 5.11 Å². The maximum Gasteiger partial charge on any atom is 0.0914 e. The molecular weight excluding hydrogens is 305 g/mol. The Balaban J connectivity index is 1.86. The molecule has 0 radical (unpaired) electrons. The number of halogens is 2. The number of nitrogens with one attached hydrogen (secondary N) is 1. The second-order valence-electron chi connectivity index (χ2n) is 5.18. The lowest BCUT2D eigenvalue weighted by Gasteiger charge is -2.18. The first kappa shape index (κ1) is 16.3. The second kappa shape index (κ2) is 7.81. The van der Waals surface area contributed by atoms with E-state index in [1.807, 2.05) is 36.4 Å². The van der Waals surface area contributed by atoms with E-state index in [4.69, 9.17) is 23.2 Å². The molecule has 0 saturated carbocycles. The van der Waals surface area contributed by atoms with Crippen molar-refractivity contribution in [2.45, 2.75) is 25.5 Å². The molecule has 0 unspecified atom stereocenters. The summed E-state index contributed by atoms with van der Waals surface area (Å²) in [7, 11) is 0. The lowest BCUT2D eigenvalue weighted by Crippen LogP contribution is -2.32. The van der Waals surface area contributed by atoms with Crippen molar-refractivity contribution in [2.24, 2.45) is 0 Å². The first-order valence-electron chi connectivity index (χ1n) is 6.96. The highest BCUT2D eigenvalue weighted by Crippen LogP contribution is 2.18. The van der Waals surface area contributed by atoms with E-state index in [-0.39, 0.29) is 6.04 Å². The van der Waals surface area contributed by atoms with Gasteiger partial charge in [-0.2, -0.15) is 0 Å². The Morgan fingerprint density at radius 1 is 1.10 bits per heavy atom. The predicted octanol–water partition coefficient (Wildman–Crippen LogP) is 4.25. The summed E-state index contributed by atoms with van der Waals surface area (Å²) < 4.78 is 0. The summed E-state index contributed by atoms with van der Waals surface area (Å²) in [6, 6.07) is 15.3. The molecule has 2 rings (SSSR count). The highest BCUT2D eigenvalue weighted by atomic mass is 35.5. The molecule has 2 N–H and O–H groups in total. The van der Waals surface area contributed by atoms with Gasteiger partial charge in [0.05, 0.1) is 6.10 Å². The van der Waals surface area contributed by atoms with Gasteiger partial charge in [-0.3, -0.25) is 0 Å². The van der Waals surface area contributed by atoms with Gasteiger partial charge in [0.1, 0.15) is 0 Å². The van der Waals surface area contributed by atoms with Crippen molar-refractivity contribution >= 4 is 23.2 Å². The summed E-state index contributed by atoms with van der Waals surface area (Å²) >= 11 is 12.1. The summed E-state index contributed by atoms with van der Waals surface area (Å²) in [6.45, 7) is 2.56. The van der Waals surface area contributed by atoms with E-state index in [1.165, 1.54) is 0 Å². The van der Waals surface area contributed by atoms with Gasteiger partial charge in [-0.1, -0.05) is 53.5 Å². The van der Waals surface area contributed by atoms with E-state index in [2.05, 4.69) is 12.2 Å². The molecule has 112 valence electrons. The van der Waals surface area contributed by atoms with Gasteiger partial charge >= 0.3 is 0 Å². The summed E-state index contributed by atoms with van der Waals surface area (Å²) in [5.74, 6) is 0. The molecule has 0 aliphatic carbocycles. The Hall–Kier alpha value is -1.06. The average molecular weight is 324 g/mol. The number of hydrogen-bond acceptors (Lipinski definition) is 2. The van der Waals surface area contributed by atoms with E-state index in [1.54, 1.807) is 12.1 Å². The highest BCUT2D eigenvalue weighted by Gasteiger charge is 2.11. The van der Waals surface area contributed by atoms with Crippen LogP contribution in [0.1, 0.15) is 24.2 Å². The van der Waals surface area contributed by atoms with Crippen molar-refractivity contribution < 1.29 is 5.11 Å². The van der Waals surface area contributed by atoms with Crippen molar-refractivity contribution in [3.8, 4) is 0 Å². The van der Waals surface area contributed by atoms with E-state index in [0.717, 1.165) is 22.6 Å². The first-order chi connectivity index (χ1) is 10.1. The SMILES string of the molecule is C[C@H](Cc1ccccc1Cl)NC[C@H](O)c1cccc(Cl)c1. The molecule has 2 atom stereocenters. The van der Waals surface area contributed by atoms with Gasteiger partial charge in [-0.05, 0) is 42.7 Å². The lowest BCUT2D eigenvalue weighted by molar-refractivity contribution is 0.170. The topological polar surface area (TPSA) is 32.3 Å². The van der Waals surface area contributed by atoms with Crippen molar-refractivity contribution in [3.63, 3.8) is 0 Å². The standard InChI is InChI=1S/C17H19Cl2NO/c1-12(9-13-5-2-3-8-16(13)19)20-11-17(21)14-6-4-7-15(18)10-14/h2-8,10,12,17,20-21H,9,11H2,1H3/t12-,17+/m1/s1. The minimum absolute atomic E-state index is 0.221. The van der Waals surface area contributed by atoms with Crippen molar-refractivity contribution in [2.75, 3.05) is 6.54 Å². The smallest absolute Gasteiger partial charge is 0.0914 e. The molecule has 0 fully saturated rings. The Bertz CT molecular complexity index is 589. The summed E-state index contributed by atoms with van der Waals surface area (Å²) in [5, 5.41) is 14.9. The number of aliphatic hydroxyl groups excluding tert-OH is 1. The molecule has 0 aromatic heterocycles. The molecule has 4 heteroatoms. The summed E-state index contributed by atoms with van der Waals surface area (Å²) in [4.78, 5) is 0. The molecule has 0 bridgehead atoms. The van der Waals surface area contributed by atoms with Gasteiger partial charge < -0.3 is 10.4 Å². The molecule has 2 nitrogen and oxygen atoms in total. The van der Waals surface area contributed by atoms with Crippen molar-refractivity contribution in [3.05, 3.63) is 69.7 Å². The maximum atomic E-state index is 10.2. The van der Waals surface area contributed by atoms with Crippen LogP contribution >= 0.6 is 23.2 Å². The van der Waals surface area contributed by atoms with Crippen LogP contribution in [0.3, 0.4) is 0 Å². The van der Waals surface area contributed by atoms with Crippen LogP contribution in [0.5, 0.6) is 0 Å². The zero-order chi connectivity index (χ0) is 15.2. The number of hydrogen-bond donors (Lipinski definition) is 2. The van der Waals surface area contributed by atoms with Crippen LogP contribution in [0.2, 0.25) is 10.0 Å². The zero-order valence-corrected chi connectivity index (χ0v) is 13.4. The molecule has 2 aromatic carbocycles. The molecule has 0 heterocycles. The largest absolute Gasteiger partial charge is 0.387 e. The molecule has 0 aliphatic rings. The third-order valence-electron chi connectivity index (χ3n) is 3.38. The van der Waals surface area contributed by atoms with Crippen LogP contribution in [-0.2, 0) is 6.42 Å². The third kappa shape index (κ3) is 5.01. The van der Waals surface area contributed by atoms with Gasteiger partial charge in [0, 0.05) is 22.6 Å². The van der Waals surface area contributed by atoms with Crippen molar-refractivity contribution in [1.29, 1.82) is 0 Å². The number of aliphatic hydroxyl groups is 1. The van der Waals surface area contributed by atoms with Crippen LogP contribution in [-0.4, -0.2) is 17.7 Å². The van der Waals surface area contributed by atoms with Gasteiger partial charge in [0.15, 0.2) is 0 Å². The normalized spacial score (nSPS) is 13.9. The third-order valence-corrected chi connectivity index (χ3v) is 3.98. The van der Waals surface area contributed by atoms with Gasteiger partial charge in [0.2, 0.25) is 0 Å². The average Bonchev–Trinajstić information content (AvgIpc) is 2.47. The fourth-order valence-electron chi connectivity index (χ4n) is 2.21. The molecule has 0 saturated heterocycles. The van der Waals surface area contributed by atoms with Gasteiger partial charge in [-0.25, -0.2) is 0 Å². The first-order valence-corrected chi connectivity index (χ1v) is 7.72. The Labute approximate surface area is 135 Å².